The van der Waals surface area contributed by atoms with E-state index in [0.29, 0.717) is 24.7 Å². The number of likely N-dealkylation sites (tertiary alicyclic amines) is 1. The first-order valence-corrected chi connectivity index (χ1v) is 6.24. The van der Waals surface area contributed by atoms with Gasteiger partial charge >= 0.3 is 0 Å². The quantitative estimate of drug-likeness (QED) is 0.659. The molecule has 6 nitrogen and oxygen atoms in total. The van der Waals surface area contributed by atoms with E-state index in [0.717, 1.165) is 12.0 Å². The molecule has 1 aromatic carbocycles. The lowest BCUT2D eigenvalue weighted by atomic mass is 10.1. The highest BCUT2D eigenvalue weighted by molar-refractivity contribution is 5.95. The van der Waals surface area contributed by atoms with Crippen molar-refractivity contribution in [2.24, 2.45) is 0 Å². The third kappa shape index (κ3) is 2.90. The fourth-order valence-corrected chi connectivity index (χ4v) is 2.35. The molecule has 1 fully saturated rings. The molecular weight excluding hydrogens is 246 g/mol. The van der Waals surface area contributed by atoms with Crippen LogP contribution in [-0.4, -0.2) is 41.9 Å². The normalized spacial score (nSPS) is 18.6. The number of carbonyl (C=O) groups excluding carboxylic acids is 1. The van der Waals surface area contributed by atoms with Crippen LogP contribution in [0.1, 0.15) is 22.3 Å². The number of rotatable bonds is 3. The van der Waals surface area contributed by atoms with Gasteiger partial charge in [-0.1, -0.05) is 0 Å². The minimum atomic E-state index is -0.468. The van der Waals surface area contributed by atoms with Crippen LogP contribution >= 0.6 is 0 Å². The molecule has 1 saturated heterocycles. The number of non-ortho nitro benzene ring substituents is 1. The molecule has 6 heteroatoms. The number of amides is 1. The van der Waals surface area contributed by atoms with E-state index in [9.17, 15) is 14.9 Å². The monoisotopic (exact) mass is 263 g/mol. The molecule has 1 unspecified atom stereocenters. The lowest BCUT2D eigenvalue weighted by Gasteiger charge is -2.16. The van der Waals surface area contributed by atoms with E-state index in [4.69, 9.17) is 0 Å². The van der Waals surface area contributed by atoms with E-state index in [2.05, 4.69) is 5.32 Å². The summed E-state index contributed by atoms with van der Waals surface area (Å²) in [5.41, 5.74) is 1.08. The maximum absolute atomic E-state index is 12.3. The molecule has 0 aliphatic carbocycles. The highest BCUT2D eigenvalue weighted by Crippen LogP contribution is 2.20. The van der Waals surface area contributed by atoms with Gasteiger partial charge < -0.3 is 10.2 Å². The zero-order valence-corrected chi connectivity index (χ0v) is 11.0. The molecule has 1 amide bonds. The van der Waals surface area contributed by atoms with E-state index in [1.165, 1.54) is 12.1 Å². The van der Waals surface area contributed by atoms with Crippen molar-refractivity contribution in [1.29, 1.82) is 0 Å². The minimum absolute atomic E-state index is 0.0345. The van der Waals surface area contributed by atoms with Gasteiger partial charge in [0, 0.05) is 36.8 Å². The van der Waals surface area contributed by atoms with Crippen molar-refractivity contribution in [3.05, 3.63) is 39.4 Å². The van der Waals surface area contributed by atoms with Crippen molar-refractivity contribution in [2.45, 2.75) is 19.4 Å². The smallest absolute Gasteiger partial charge is 0.270 e. The summed E-state index contributed by atoms with van der Waals surface area (Å²) >= 11 is 0. The molecule has 1 aromatic rings. The van der Waals surface area contributed by atoms with E-state index in [1.807, 2.05) is 7.05 Å². The molecular formula is C13H17N3O3. The second-order valence-electron chi connectivity index (χ2n) is 4.84. The van der Waals surface area contributed by atoms with Gasteiger partial charge in [-0.25, -0.2) is 0 Å². The van der Waals surface area contributed by atoms with Gasteiger partial charge in [0.15, 0.2) is 0 Å². The predicted octanol–water partition coefficient (Wildman–Crippen LogP) is 1.34. The van der Waals surface area contributed by atoms with Crippen molar-refractivity contribution >= 4 is 11.6 Å². The number of likely N-dealkylation sites (N-methyl/N-ethyl adjacent to an activating group) is 1. The zero-order chi connectivity index (χ0) is 14.0. The number of nitrogens with one attached hydrogen (secondary N) is 1. The first-order valence-electron chi connectivity index (χ1n) is 6.24. The number of nitrogens with zero attached hydrogens (tertiary/aromatic N) is 2. The molecule has 0 saturated carbocycles. The molecule has 0 bridgehead atoms. The molecule has 2 rings (SSSR count). The molecule has 1 heterocycles. The van der Waals surface area contributed by atoms with Gasteiger partial charge in [0.05, 0.1) is 4.92 Å². The number of hydrogen-bond donors (Lipinski definition) is 1. The SMILES string of the molecule is CNC1CCN(C(=O)c2cc(C)cc([N+](=O)[O-])c2)C1. The Hall–Kier alpha value is -1.95. The van der Waals surface area contributed by atoms with E-state index < -0.39 is 4.92 Å². The summed E-state index contributed by atoms with van der Waals surface area (Å²) in [6, 6.07) is 4.82. The standard InChI is InChI=1S/C13H17N3O3/c1-9-5-10(7-12(6-9)16(18)19)13(17)15-4-3-11(8-15)14-2/h5-7,11,14H,3-4,8H2,1-2H3. The summed E-state index contributed by atoms with van der Waals surface area (Å²) in [5.74, 6) is -0.135. The Morgan fingerprint density at radius 2 is 2.21 bits per heavy atom. The van der Waals surface area contributed by atoms with Gasteiger partial charge in [0.25, 0.3) is 11.6 Å². The number of aryl methyl sites for hydroxylation is 1. The lowest BCUT2D eigenvalue weighted by molar-refractivity contribution is -0.384. The van der Waals surface area contributed by atoms with E-state index in [1.54, 1.807) is 17.9 Å². The highest BCUT2D eigenvalue weighted by atomic mass is 16.6. The van der Waals surface area contributed by atoms with Crippen LogP contribution in [0.25, 0.3) is 0 Å². The van der Waals surface area contributed by atoms with Crippen LogP contribution in [0, 0.1) is 17.0 Å². The van der Waals surface area contributed by atoms with E-state index >= 15 is 0 Å². The summed E-state index contributed by atoms with van der Waals surface area (Å²) in [6.07, 6.45) is 0.913. The third-order valence-electron chi connectivity index (χ3n) is 3.40. The van der Waals surface area contributed by atoms with E-state index in [-0.39, 0.29) is 11.6 Å². The molecule has 0 spiro atoms. The van der Waals surface area contributed by atoms with Crippen LogP contribution < -0.4 is 5.32 Å². The predicted molar refractivity (Wildman–Crippen MR) is 71.2 cm³/mol. The average molecular weight is 263 g/mol. The van der Waals surface area contributed by atoms with Crippen molar-refractivity contribution in [2.75, 3.05) is 20.1 Å². The van der Waals surface area contributed by atoms with Gasteiger partial charge in [-0.3, -0.25) is 14.9 Å². The Morgan fingerprint density at radius 3 is 2.79 bits per heavy atom. The Bertz CT molecular complexity index is 516. The first kappa shape index (κ1) is 13.5. The van der Waals surface area contributed by atoms with Crippen molar-refractivity contribution in [1.82, 2.24) is 10.2 Å². The topological polar surface area (TPSA) is 75.5 Å². The van der Waals surface area contributed by atoms with Crippen LogP contribution in [0.5, 0.6) is 0 Å². The fourth-order valence-electron chi connectivity index (χ4n) is 2.35. The lowest BCUT2D eigenvalue weighted by Crippen LogP contribution is -2.33. The zero-order valence-electron chi connectivity index (χ0n) is 11.0. The number of carbonyl (C=O) groups is 1. The summed E-state index contributed by atoms with van der Waals surface area (Å²) < 4.78 is 0. The maximum Gasteiger partial charge on any atom is 0.270 e. The van der Waals surface area contributed by atoms with Gasteiger partial charge in [0.1, 0.15) is 0 Å². The first-order chi connectivity index (χ1) is 9.01. The third-order valence-corrected chi connectivity index (χ3v) is 3.40. The minimum Gasteiger partial charge on any atom is -0.337 e. The van der Waals surface area contributed by atoms with Crippen LogP contribution in [-0.2, 0) is 0 Å². The second kappa shape index (κ2) is 5.36. The van der Waals surface area contributed by atoms with Gasteiger partial charge in [-0.05, 0) is 32.0 Å². The molecule has 0 aromatic heterocycles. The van der Waals surface area contributed by atoms with Crippen molar-refractivity contribution in [3.8, 4) is 0 Å². The van der Waals surface area contributed by atoms with Gasteiger partial charge in [-0.15, -0.1) is 0 Å². The number of hydrogen-bond acceptors (Lipinski definition) is 4. The molecule has 1 N–H and O–H groups in total. The molecule has 1 aliphatic rings. The number of nitro groups is 1. The molecule has 102 valence electrons. The second-order valence-corrected chi connectivity index (χ2v) is 4.84. The molecule has 1 atom stereocenters. The summed E-state index contributed by atoms with van der Waals surface area (Å²) in [5, 5.41) is 14.0. The summed E-state index contributed by atoms with van der Waals surface area (Å²) in [4.78, 5) is 24.4. The Balaban J connectivity index is 2.22. The molecule has 1 aliphatic heterocycles. The number of nitro benzene ring substituents is 1. The van der Waals surface area contributed by atoms with Crippen molar-refractivity contribution < 1.29 is 9.72 Å². The average Bonchev–Trinajstić information content (AvgIpc) is 2.85. The van der Waals surface area contributed by atoms with Gasteiger partial charge in [-0.2, -0.15) is 0 Å². The van der Waals surface area contributed by atoms with Crippen LogP contribution in [0.15, 0.2) is 18.2 Å². The maximum atomic E-state index is 12.3. The largest absolute Gasteiger partial charge is 0.337 e. The Kier molecular flexibility index (Phi) is 3.80. The van der Waals surface area contributed by atoms with Crippen LogP contribution in [0.3, 0.4) is 0 Å². The van der Waals surface area contributed by atoms with Crippen LogP contribution in [0.2, 0.25) is 0 Å². The van der Waals surface area contributed by atoms with Crippen LogP contribution in [0.4, 0.5) is 5.69 Å². The highest BCUT2D eigenvalue weighted by Gasteiger charge is 2.26. The number of benzene rings is 1. The summed E-state index contributed by atoms with van der Waals surface area (Å²) in [7, 11) is 1.87. The Labute approximate surface area is 111 Å². The van der Waals surface area contributed by atoms with Gasteiger partial charge in [0.2, 0.25) is 0 Å². The fraction of sp³-hybridized carbons (Fsp3) is 0.462. The molecule has 0 radical (unpaired) electrons. The summed E-state index contributed by atoms with van der Waals surface area (Å²) in [6.45, 7) is 3.09. The Morgan fingerprint density at radius 1 is 1.47 bits per heavy atom. The molecule has 19 heavy (non-hydrogen) atoms. The van der Waals surface area contributed by atoms with Crippen molar-refractivity contribution in [3.63, 3.8) is 0 Å².